The van der Waals surface area contributed by atoms with Gasteiger partial charge in [-0.2, -0.15) is 0 Å². The fourth-order valence-corrected chi connectivity index (χ4v) is 6.09. The summed E-state index contributed by atoms with van der Waals surface area (Å²) < 4.78 is 3.68. The van der Waals surface area contributed by atoms with Crippen LogP contribution in [0, 0.1) is 0 Å². The fraction of sp³-hybridized carbons (Fsp3) is 0.130. The van der Waals surface area contributed by atoms with Crippen molar-refractivity contribution < 1.29 is 10.0 Å². The Kier molecular flexibility index (Phi) is 3.08. The predicted molar refractivity (Wildman–Crippen MR) is 118 cm³/mol. The molecule has 0 atom stereocenters. The van der Waals surface area contributed by atoms with E-state index in [-0.39, 0.29) is 5.41 Å². The lowest BCUT2D eigenvalue weighted by Gasteiger charge is -2.32. The third-order valence-electron chi connectivity index (χ3n) is 6.14. The zero-order chi connectivity index (χ0) is 19.2. The van der Waals surface area contributed by atoms with E-state index in [0.29, 0.717) is 5.46 Å². The first-order chi connectivity index (χ1) is 13.5. The second-order valence-electron chi connectivity index (χ2n) is 8.09. The summed E-state index contributed by atoms with van der Waals surface area (Å²) in [6.07, 6.45) is 0. The molecule has 2 aromatic heterocycles. The van der Waals surface area contributed by atoms with Gasteiger partial charge in [0, 0.05) is 31.2 Å². The summed E-state index contributed by atoms with van der Waals surface area (Å²) in [5.74, 6) is 0. The molecule has 0 aliphatic carbocycles. The van der Waals surface area contributed by atoms with Gasteiger partial charge < -0.3 is 14.6 Å². The summed E-state index contributed by atoms with van der Waals surface area (Å²) in [6.45, 7) is 4.61. The van der Waals surface area contributed by atoms with E-state index in [0.717, 1.165) is 16.3 Å². The molecule has 0 bridgehead atoms. The van der Waals surface area contributed by atoms with Gasteiger partial charge in [-0.1, -0.05) is 62.4 Å². The minimum atomic E-state index is -1.47. The van der Waals surface area contributed by atoms with Gasteiger partial charge in [-0.3, -0.25) is 0 Å². The third kappa shape index (κ3) is 1.86. The molecule has 0 fully saturated rings. The van der Waals surface area contributed by atoms with Crippen LogP contribution in [0.15, 0.2) is 60.7 Å². The Bertz CT molecular complexity index is 1430. The molecule has 0 radical (unpaired) electrons. The van der Waals surface area contributed by atoms with E-state index >= 15 is 0 Å². The van der Waals surface area contributed by atoms with E-state index in [4.69, 9.17) is 0 Å². The van der Waals surface area contributed by atoms with Gasteiger partial charge in [0.05, 0.1) is 16.7 Å². The topological polar surface area (TPSA) is 45.4 Å². The molecule has 0 spiro atoms. The van der Waals surface area contributed by atoms with Crippen LogP contribution in [-0.2, 0) is 5.41 Å². The van der Waals surface area contributed by atoms with Crippen LogP contribution in [0.4, 0.5) is 0 Å². The highest BCUT2D eigenvalue weighted by molar-refractivity contribution is 7.19. The summed E-state index contributed by atoms with van der Waals surface area (Å²) in [4.78, 5) is 1.37. The first-order valence-electron chi connectivity index (χ1n) is 9.44. The highest BCUT2D eigenvalue weighted by Gasteiger charge is 2.37. The van der Waals surface area contributed by atoms with Crippen molar-refractivity contribution in [3.63, 3.8) is 0 Å². The normalized spacial score (nSPS) is 14.7. The Morgan fingerprint density at radius 1 is 0.893 bits per heavy atom. The number of thiophene rings is 1. The van der Waals surface area contributed by atoms with Crippen molar-refractivity contribution in [2.24, 2.45) is 0 Å². The summed E-state index contributed by atoms with van der Waals surface area (Å²) >= 11 is 1.87. The van der Waals surface area contributed by atoms with Crippen molar-refractivity contribution in [1.29, 1.82) is 0 Å². The minimum absolute atomic E-state index is 0.0950. The number of para-hydroxylation sites is 1. The highest BCUT2D eigenvalue weighted by Crippen LogP contribution is 2.52. The largest absolute Gasteiger partial charge is 0.488 e. The molecular formula is C23H18BNO2S. The number of rotatable bonds is 1. The van der Waals surface area contributed by atoms with Crippen molar-refractivity contribution in [3.8, 4) is 5.69 Å². The van der Waals surface area contributed by atoms with Crippen LogP contribution in [0.5, 0.6) is 0 Å². The molecule has 0 saturated carbocycles. The standard InChI is InChI=1S/C23H18BNO2S/c1-23(2)17-8-5-7-14-16-12-13(24(26)27)10-11-18(16)25(20(14)17)21-15-6-3-4-9-19(15)28-22(21)23/h3-12,26-27H,1-2H3. The molecule has 0 saturated heterocycles. The van der Waals surface area contributed by atoms with E-state index in [1.165, 1.54) is 31.7 Å². The van der Waals surface area contributed by atoms with Gasteiger partial charge in [-0.15, -0.1) is 11.3 Å². The molecule has 0 amide bonds. The number of fused-ring (bicyclic) bond motifs is 7. The Morgan fingerprint density at radius 2 is 1.68 bits per heavy atom. The smallest absolute Gasteiger partial charge is 0.423 e. The molecule has 5 heteroatoms. The molecule has 28 heavy (non-hydrogen) atoms. The van der Waals surface area contributed by atoms with Crippen molar-refractivity contribution in [2.45, 2.75) is 19.3 Å². The average Bonchev–Trinajstić information content (AvgIpc) is 3.23. The van der Waals surface area contributed by atoms with Gasteiger partial charge >= 0.3 is 7.12 Å². The number of aromatic nitrogens is 1. The van der Waals surface area contributed by atoms with Gasteiger partial charge in [0.25, 0.3) is 0 Å². The summed E-state index contributed by atoms with van der Waals surface area (Å²) in [5.41, 5.74) is 5.33. The Hall–Kier alpha value is -2.60. The first-order valence-corrected chi connectivity index (χ1v) is 10.3. The molecule has 5 aromatic rings. The van der Waals surface area contributed by atoms with Crippen LogP contribution < -0.4 is 5.46 Å². The molecular weight excluding hydrogens is 365 g/mol. The fourth-order valence-electron chi connectivity index (χ4n) is 4.78. The van der Waals surface area contributed by atoms with Gasteiger partial charge in [-0.05, 0) is 23.2 Å². The summed E-state index contributed by atoms with van der Waals surface area (Å²) in [7, 11) is -1.47. The summed E-state index contributed by atoms with van der Waals surface area (Å²) in [5, 5.41) is 22.9. The number of hydrogen-bond donors (Lipinski definition) is 2. The molecule has 1 aliphatic heterocycles. The van der Waals surface area contributed by atoms with Crippen LogP contribution in [0.3, 0.4) is 0 Å². The van der Waals surface area contributed by atoms with Crippen molar-refractivity contribution in [2.75, 3.05) is 0 Å². The van der Waals surface area contributed by atoms with Crippen LogP contribution in [0.1, 0.15) is 24.3 Å². The minimum Gasteiger partial charge on any atom is -0.423 e. The Labute approximate surface area is 166 Å². The zero-order valence-corrected chi connectivity index (χ0v) is 16.4. The van der Waals surface area contributed by atoms with E-state index in [2.05, 4.69) is 60.9 Å². The lowest BCUT2D eigenvalue weighted by atomic mass is 9.79. The molecule has 3 aromatic carbocycles. The van der Waals surface area contributed by atoms with Crippen LogP contribution >= 0.6 is 11.3 Å². The average molecular weight is 383 g/mol. The van der Waals surface area contributed by atoms with E-state index in [1.54, 1.807) is 0 Å². The number of hydrogen-bond acceptors (Lipinski definition) is 3. The maximum atomic E-state index is 9.69. The predicted octanol–water partition coefficient (Wildman–Crippen LogP) is 4.32. The van der Waals surface area contributed by atoms with Gasteiger partial charge in [-0.25, -0.2) is 0 Å². The van der Waals surface area contributed by atoms with E-state index < -0.39 is 7.12 Å². The van der Waals surface area contributed by atoms with Gasteiger partial charge in [0.15, 0.2) is 0 Å². The van der Waals surface area contributed by atoms with Crippen molar-refractivity contribution in [1.82, 2.24) is 4.57 Å². The SMILES string of the molecule is CC1(C)c2sc3ccccc3c2-n2c3ccc(B(O)O)cc3c3cccc1c32. The zero-order valence-electron chi connectivity index (χ0n) is 15.6. The second kappa shape index (κ2) is 5.26. The maximum Gasteiger partial charge on any atom is 0.488 e. The Morgan fingerprint density at radius 3 is 2.50 bits per heavy atom. The number of nitrogens with zero attached hydrogens (tertiary/aromatic N) is 1. The van der Waals surface area contributed by atoms with E-state index in [1.807, 2.05) is 29.5 Å². The molecule has 3 heterocycles. The first kappa shape index (κ1) is 16.4. The van der Waals surface area contributed by atoms with Gasteiger partial charge in [0.1, 0.15) is 0 Å². The summed E-state index contributed by atoms with van der Waals surface area (Å²) in [6, 6.07) is 20.8. The highest BCUT2D eigenvalue weighted by atomic mass is 32.1. The third-order valence-corrected chi connectivity index (χ3v) is 7.63. The second-order valence-corrected chi connectivity index (χ2v) is 9.14. The quantitative estimate of drug-likeness (QED) is 0.424. The molecule has 3 nitrogen and oxygen atoms in total. The monoisotopic (exact) mass is 383 g/mol. The molecule has 1 aliphatic rings. The lowest BCUT2D eigenvalue weighted by molar-refractivity contribution is 0.426. The molecule has 136 valence electrons. The maximum absolute atomic E-state index is 9.69. The Balaban J connectivity index is 1.89. The molecule has 2 N–H and O–H groups in total. The van der Waals surface area contributed by atoms with E-state index in [9.17, 15) is 10.0 Å². The van der Waals surface area contributed by atoms with Crippen LogP contribution in [0.25, 0.3) is 37.6 Å². The molecule has 0 unspecified atom stereocenters. The van der Waals surface area contributed by atoms with Crippen molar-refractivity contribution >= 4 is 55.8 Å². The molecule has 6 rings (SSSR count). The lowest BCUT2D eigenvalue weighted by Crippen LogP contribution is -2.29. The van der Waals surface area contributed by atoms with Gasteiger partial charge in [0.2, 0.25) is 0 Å². The number of benzene rings is 3. The van der Waals surface area contributed by atoms with Crippen LogP contribution in [-0.4, -0.2) is 21.7 Å². The van der Waals surface area contributed by atoms with Crippen LogP contribution in [0.2, 0.25) is 0 Å². The van der Waals surface area contributed by atoms with Crippen molar-refractivity contribution in [3.05, 3.63) is 71.1 Å².